The van der Waals surface area contributed by atoms with Crippen molar-refractivity contribution < 1.29 is 8.42 Å². The van der Waals surface area contributed by atoms with Crippen molar-refractivity contribution in [2.75, 3.05) is 13.3 Å². The number of terminal acetylenes is 1. The van der Waals surface area contributed by atoms with Crippen molar-refractivity contribution in [3.05, 3.63) is 0 Å². The molecule has 76 valence electrons. The van der Waals surface area contributed by atoms with Gasteiger partial charge in [-0.3, -0.25) is 0 Å². The lowest BCUT2D eigenvalue weighted by molar-refractivity contribution is 0.439. The highest BCUT2D eigenvalue weighted by Gasteiger charge is 2.37. The third-order valence-corrected chi connectivity index (χ3v) is 4.66. The SMILES string of the molecule is C#CCC(NC)C(C)(C)S(C)(=O)=O. The Balaban J connectivity index is 4.91. The van der Waals surface area contributed by atoms with Crippen molar-refractivity contribution in [1.29, 1.82) is 0 Å². The first-order valence-electron chi connectivity index (χ1n) is 4.07. The summed E-state index contributed by atoms with van der Waals surface area (Å²) in [5.41, 5.74) is 0. The summed E-state index contributed by atoms with van der Waals surface area (Å²) < 4.78 is 22.0. The Morgan fingerprint density at radius 1 is 1.54 bits per heavy atom. The van der Waals surface area contributed by atoms with E-state index in [-0.39, 0.29) is 6.04 Å². The topological polar surface area (TPSA) is 46.2 Å². The summed E-state index contributed by atoms with van der Waals surface area (Å²) in [7, 11) is -1.38. The first-order valence-corrected chi connectivity index (χ1v) is 5.96. The molecule has 4 heteroatoms. The molecule has 0 spiro atoms. The predicted molar refractivity (Wildman–Crippen MR) is 55.2 cm³/mol. The molecular weight excluding hydrogens is 186 g/mol. The molecule has 0 aliphatic carbocycles. The van der Waals surface area contributed by atoms with Crippen LogP contribution in [0.1, 0.15) is 20.3 Å². The lowest BCUT2D eigenvalue weighted by atomic mass is 10.0. The summed E-state index contributed by atoms with van der Waals surface area (Å²) in [4.78, 5) is 0. The van der Waals surface area contributed by atoms with Gasteiger partial charge in [-0.2, -0.15) is 0 Å². The van der Waals surface area contributed by atoms with Gasteiger partial charge in [0.25, 0.3) is 0 Å². The molecule has 1 atom stereocenters. The van der Waals surface area contributed by atoms with Crippen LogP contribution in [0.4, 0.5) is 0 Å². The first-order chi connectivity index (χ1) is 5.77. The van der Waals surface area contributed by atoms with Gasteiger partial charge in [-0.05, 0) is 20.9 Å². The van der Waals surface area contributed by atoms with Crippen LogP contribution in [0.15, 0.2) is 0 Å². The van der Waals surface area contributed by atoms with Crippen LogP contribution in [0, 0.1) is 12.3 Å². The molecule has 3 nitrogen and oxygen atoms in total. The van der Waals surface area contributed by atoms with E-state index >= 15 is 0 Å². The number of hydrogen-bond acceptors (Lipinski definition) is 3. The maximum absolute atomic E-state index is 11.4. The lowest BCUT2D eigenvalue weighted by Crippen LogP contribution is -2.50. The minimum atomic E-state index is -3.09. The molecular formula is C9H17NO2S. The van der Waals surface area contributed by atoms with Gasteiger partial charge in [-0.25, -0.2) is 8.42 Å². The normalized spacial score (nSPS) is 15.0. The average Bonchev–Trinajstić information content (AvgIpc) is 1.97. The summed E-state index contributed by atoms with van der Waals surface area (Å²) >= 11 is 0. The van der Waals surface area contributed by atoms with Gasteiger partial charge < -0.3 is 5.32 Å². The van der Waals surface area contributed by atoms with Crippen LogP contribution in [0.3, 0.4) is 0 Å². The van der Waals surface area contributed by atoms with E-state index in [4.69, 9.17) is 6.42 Å². The molecule has 0 aromatic carbocycles. The third-order valence-electron chi connectivity index (χ3n) is 2.47. The standard InChI is InChI=1S/C9H17NO2S/c1-6-7-8(10-4)9(2,3)13(5,11)12/h1,8,10H,7H2,2-5H3. The minimum absolute atomic E-state index is 0.201. The molecule has 0 saturated heterocycles. The highest BCUT2D eigenvalue weighted by molar-refractivity contribution is 7.92. The van der Waals surface area contributed by atoms with E-state index in [1.165, 1.54) is 6.26 Å². The fourth-order valence-corrected chi connectivity index (χ4v) is 1.79. The van der Waals surface area contributed by atoms with E-state index < -0.39 is 14.6 Å². The number of nitrogens with one attached hydrogen (secondary N) is 1. The summed E-state index contributed by atoms with van der Waals surface area (Å²) in [6.07, 6.45) is 6.80. The summed E-state index contributed by atoms with van der Waals surface area (Å²) in [6, 6.07) is -0.201. The molecule has 0 saturated carbocycles. The molecule has 0 aliphatic heterocycles. The average molecular weight is 203 g/mol. The van der Waals surface area contributed by atoms with Crippen LogP contribution in [-0.2, 0) is 9.84 Å². The Kier molecular flexibility index (Phi) is 3.95. The monoisotopic (exact) mass is 203 g/mol. The molecule has 0 bridgehead atoms. The Morgan fingerprint density at radius 2 is 2.00 bits per heavy atom. The second-order valence-corrected chi connectivity index (χ2v) is 6.22. The van der Waals surface area contributed by atoms with Crippen molar-refractivity contribution in [2.45, 2.75) is 31.1 Å². The number of sulfone groups is 1. The van der Waals surface area contributed by atoms with Gasteiger partial charge in [-0.1, -0.05) is 0 Å². The molecule has 1 N–H and O–H groups in total. The van der Waals surface area contributed by atoms with Gasteiger partial charge >= 0.3 is 0 Å². The summed E-state index contributed by atoms with van der Waals surface area (Å²) in [5.74, 6) is 2.47. The first kappa shape index (κ1) is 12.5. The van der Waals surface area contributed by atoms with Crippen LogP contribution in [-0.4, -0.2) is 32.5 Å². The molecule has 0 aliphatic rings. The quantitative estimate of drug-likeness (QED) is 0.674. The fraction of sp³-hybridized carbons (Fsp3) is 0.778. The second kappa shape index (κ2) is 4.12. The molecule has 1 unspecified atom stereocenters. The second-order valence-electron chi connectivity index (χ2n) is 3.63. The zero-order chi connectivity index (χ0) is 10.7. The highest BCUT2D eigenvalue weighted by Crippen LogP contribution is 2.21. The smallest absolute Gasteiger partial charge is 0.154 e. The van der Waals surface area contributed by atoms with Gasteiger partial charge in [0.15, 0.2) is 9.84 Å². The Morgan fingerprint density at radius 3 is 2.23 bits per heavy atom. The Labute approximate surface area is 80.8 Å². The fourth-order valence-electron chi connectivity index (χ4n) is 1.07. The van der Waals surface area contributed by atoms with E-state index in [1.807, 2.05) is 0 Å². The maximum Gasteiger partial charge on any atom is 0.154 e. The van der Waals surface area contributed by atoms with Gasteiger partial charge in [0, 0.05) is 18.7 Å². The van der Waals surface area contributed by atoms with Crippen LogP contribution < -0.4 is 5.32 Å². The lowest BCUT2D eigenvalue weighted by Gasteiger charge is -2.31. The van der Waals surface area contributed by atoms with Crippen molar-refractivity contribution >= 4 is 9.84 Å². The van der Waals surface area contributed by atoms with Crippen LogP contribution in [0.25, 0.3) is 0 Å². The van der Waals surface area contributed by atoms with E-state index in [1.54, 1.807) is 20.9 Å². The highest BCUT2D eigenvalue weighted by atomic mass is 32.2. The zero-order valence-corrected chi connectivity index (χ0v) is 9.40. The molecule has 0 aromatic heterocycles. The Bertz CT molecular complexity index is 298. The van der Waals surface area contributed by atoms with Gasteiger partial charge in [-0.15, -0.1) is 12.3 Å². The minimum Gasteiger partial charge on any atom is -0.315 e. The van der Waals surface area contributed by atoms with E-state index in [9.17, 15) is 8.42 Å². The molecule has 0 amide bonds. The van der Waals surface area contributed by atoms with Crippen LogP contribution in [0.2, 0.25) is 0 Å². The van der Waals surface area contributed by atoms with Crippen molar-refractivity contribution in [1.82, 2.24) is 5.32 Å². The number of rotatable bonds is 4. The third kappa shape index (κ3) is 2.71. The maximum atomic E-state index is 11.4. The van der Waals surface area contributed by atoms with Gasteiger partial charge in [0.05, 0.1) is 4.75 Å². The van der Waals surface area contributed by atoms with E-state index in [0.717, 1.165) is 0 Å². The van der Waals surface area contributed by atoms with Crippen LogP contribution >= 0.6 is 0 Å². The molecule has 13 heavy (non-hydrogen) atoms. The molecule has 0 aromatic rings. The largest absolute Gasteiger partial charge is 0.315 e. The van der Waals surface area contributed by atoms with E-state index in [0.29, 0.717) is 6.42 Å². The summed E-state index contributed by atoms with van der Waals surface area (Å²) in [6.45, 7) is 3.36. The predicted octanol–water partition coefficient (Wildman–Crippen LogP) is 0.421. The van der Waals surface area contributed by atoms with Crippen LogP contribution in [0.5, 0.6) is 0 Å². The van der Waals surface area contributed by atoms with Crippen molar-refractivity contribution in [3.63, 3.8) is 0 Å². The zero-order valence-electron chi connectivity index (χ0n) is 8.59. The Hall–Kier alpha value is -0.530. The van der Waals surface area contributed by atoms with Crippen molar-refractivity contribution in [3.8, 4) is 12.3 Å². The van der Waals surface area contributed by atoms with Crippen molar-refractivity contribution in [2.24, 2.45) is 0 Å². The van der Waals surface area contributed by atoms with Gasteiger partial charge in [0.1, 0.15) is 0 Å². The number of hydrogen-bond donors (Lipinski definition) is 1. The summed E-state index contributed by atoms with van der Waals surface area (Å²) in [5, 5.41) is 2.93. The molecule has 0 rings (SSSR count). The van der Waals surface area contributed by atoms with Gasteiger partial charge in [0.2, 0.25) is 0 Å². The van der Waals surface area contributed by atoms with E-state index in [2.05, 4.69) is 11.2 Å². The molecule has 0 heterocycles. The molecule has 0 radical (unpaired) electrons. The molecule has 0 fully saturated rings.